The summed E-state index contributed by atoms with van der Waals surface area (Å²) in [4.78, 5) is 14.5. The van der Waals surface area contributed by atoms with Crippen molar-refractivity contribution in [3.8, 4) is 5.75 Å². The lowest BCUT2D eigenvalue weighted by atomic mass is 10.1. The Morgan fingerprint density at radius 1 is 1.30 bits per heavy atom. The SMILES string of the molecule is CCc1ccc(OC[C@@H]2CCN2)cn1.O=C(O)c1ccccc1. The van der Waals surface area contributed by atoms with Crippen molar-refractivity contribution in [2.24, 2.45) is 0 Å². The number of nitrogens with one attached hydrogen (secondary N) is 1. The molecular weight excluding hydrogens is 292 g/mol. The van der Waals surface area contributed by atoms with Crippen LogP contribution in [0.1, 0.15) is 29.4 Å². The second-order valence-electron chi connectivity index (χ2n) is 5.26. The number of hydrogen-bond donors (Lipinski definition) is 2. The van der Waals surface area contributed by atoms with Crippen LogP contribution in [0.3, 0.4) is 0 Å². The number of pyridine rings is 1. The highest BCUT2D eigenvalue weighted by molar-refractivity contribution is 5.87. The summed E-state index contributed by atoms with van der Waals surface area (Å²) < 4.78 is 5.58. The van der Waals surface area contributed by atoms with E-state index in [1.54, 1.807) is 36.5 Å². The summed E-state index contributed by atoms with van der Waals surface area (Å²) in [7, 11) is 0. The molecule has 1 saturated heterocycles. The summed E-state index contributed by atoms with van der Waals surface area (Å²) in [5.41, 5.74) is 1.44. The minimum atomic E-state index is -0.879. The van der Waals surface area contributed by atoms with Crippen LogP contribution in [0, 0.1) is 0 Å². The molecule has 0 aliphatic carbocycles. The van der Waals surface area contributed by atoms with Gasteiger partial charge in [0.25, 0.3) is 0 Å². The first-order valence-electron chi connectivity index (χ1n) is 7.78. The lowest BCUT2D eigenvalue weighted by Crippen LogP contribution is -2.46. The first-order valence-corrected chi connectivity index (χ1v) is 7.78. The van der Waals surface area contributed by atoms with Crippen LogP contribution in [0.2, 0.25) is 0 Å². The first kappa shape index (κ1) is 17.0. The number of aromatic nitrogens is 1. The van der Waals surface area contributed by atoms with Crippen molar-refractivity contribution in [2.75, 3.05) is 13.2 Å². The van der Waals surface area contributed by atoms with Gasteiger partial charge in [-0.2, -0.15) is 0 Å². The number of carboxylic acids is 1. The summed E-state index contributed by atoms with van der Waals surface area (Å²) in [5.74, 6) is -0.00787. The van der Waals surface area contributed by atoms with Crippen molar-refractivity contribution in [2.45, 2.75) is 25.8 Å². The fourth-order valence-corrected chi connectivity index (χ4v) is 1.97. The van der Waals surface area contributed by atoms with Crippen LogP contribution in [-0.2, 0) is 6.42 Å². The Morgan fingerprint density at radius 2 is 2.04 bits per heavy atom. The number of hydrogen-bond acceptors (Lipinski definition) is 4. The highest BCUT2D eigenvalue weighted by atomic mass is 16.5. The zero-order valence-electron chi connectivity index (χ0n) is 13.2. The molecule has 0 saturated carbocycles. The molecule has 1 aromatic heterocycles. The maximum atomic E-state index is 10.2. The van der Waals surface area contributed by atoms with Gasteiger partial charge in [0.05, 0.1) is 11.8 Å². The third-order valence-electron chi connectivity index (χ3n) is 3.56. The molecule has 0 bridgehead atoms. The molecule has 1 aliphatic heterocycles. The van der Waals surface area contributed by atoms with Crippen molar-refractivity contribution < 1.29 is 14.6 Å². The van der Waals surface area contributed by atoms with Crippen LogP contribution >= 0.6 is 0 Å². The Kier molecular flexibility index (Phi) is 6.56. The van der Waals surface area contributed by atoms with Crippen molar-refractivity contribution in [3.63, 3.8) is 0 Å². The highest BCUT2D eigenvalue weighted by Gasteiger charge is 2.16. The van der Waals surface area contributed by atoms with E-state index in [1.807, 2.05) is 12.1 Å². The fraction of sp³-hybridized carbons (Fsp3) is 0.333. The largest absolute Gasteiger partial charge is 0.490 e. The first-order chi connectivity index (χ1) is 11.2. The molecule has 0 radical (unpaired) electrons. The summed E-state index contributed by atoms with van der Waals surface area (Å²) in [5, 5.41) is 11.7. The molecule has 0 spiro atoms. The number of ether oxygens (including phenoxy) is 1. The molecule has 0 amide bonds. The van der Waals surface area contributed by atoms with E-state index in [-0.39, 0.29) is 0 Å². The second kappa shape index (κ2) is 8.90. The molecule has 122 valence electrons. The third kappa shape index (κ3) is 5.71. The molecule has 5 nitrogen and oxygen atoms in total. The van der Waals surface area contributed by atoms with Gasteiger partial charge in [0.1, 0.15) is 12.4 Å². The van der Waals surface area contributed by atoms with E-state index < -0.39 is 5.97 Å². The van der Waals surface area contributed by atoms with Crippen molar-refractivity contribution in [1.29, 1.82) is 0 Å². The molecule has 3 rings (SSSR count). The monoisotopic (exact) mass is 314 g/mol. The van der Waals surface area contributed by atoms with Crippen molar-refractivity contribution >= 4 is 5.97 Å². The average Bonchev–Trinajstić information content (AvgIpc) is 2.55. The number of rotatable bonds is 5. The van der Waals surface area contributed by atoms with E-state index in [0.717, 1.165) is 31.0 Å². The average molecular weight is 314 g/mol. The maximum Gasteiger partial charge on any atom is 0.335 e. The van der Waals surface area contributed by atoms with Gasteiger partial charge in [-0.3, -0.25) is 4.98 Å². The van der Waals surface area contributed by atoms with E-state index >= 15 is 0 Å². The minimum absolute atomic E-state index is 0.331. The summed E-state index contributed by atoms with van der Waals surface area (Å²) in [6, 6.07) is 12.8. The van der Waals surface area contributed by atoms with Crippen LogP contribution < -0.4 is 10.1 Å². The number of carbonyl (C=O) groups is 1. The van der Waals surface area contributed by atoms with E-state index in [9.17, 15) is 4.79 Å². The zero-order chi connectivity index (χ0) is 16.5. The second-order valence-corrected chi connectivity index (χ2v) is 5.26. The summed E-state index contributed by atoms with van der Waals surface area (Å²) in [6.45, 7) is 3.98. The molecule has 1 fully saturated rings. The Bertz CT molecular complexity index is 595. The van der Waals surface area contributed by atoms with E-state index in [4.69, 9.17) is 9.84 Å². The predicted octanol–water partition coefficient (Wildman–Crippen LogP) is 2.77. The van der Waals surface area contributed by atoms with Gasteiger partial charge < -0.3 is 15.2 Å². The van der Waals surface area contributed by atoms with Gasteiger partial charge in [-0.1, -0.05) is 25.1 Å². The van der Waals surface area contributed by atoms with Crippen LogP contribution in [0.4, 0.5) is 0 Å². The Labute approximate surface area is 136 Å². The fourth-order valence-electron chi connectivity index (χ4n) is 1.97. The minimum Gasteiger partial charge on any atom is -0.490 e. The molecule has 2 heterocycles. The van der Waals surface area contributed by atoms with Crippen LogP contribution in [-0.4, -0.2) is 35.3 Å². The molecule has 2 N–H and O–H groups in total. The van der Waals surface area contributed by atoms with E-state index in [1.165, 1.54) is 6.42 Å². The van der Waals surface area contributed by atoms with Gasteiger partial charge in [-0.05, 0) is 43.7 Å². The molecule has 1 aromatic carbocycles. The topological polar surface area (TPSA) is 71.5 Å². The van der Waals surface area contributed by atoms with Crippen LogP contribution in [0.25, 0.3) is 0 Å². The molecule has 2 aromatic rings. The lowest BCUT2D eigenvalue weighted by Gasteiger charge is -2.27. The van der Waals surface area contributed by atoms with E-state index in [0.29, 0.717) is 11.6 Å². The number of benzene rings is 1. The number of nitrogens with zero attached hydrogens (tertiary/aromatic N) is 1. The number of aryl methyl sites for hydroxylation is 1. The Morgan fingerprint density at radius 3 is 2.48 bits per heavy atom. The molecule has 1 atom stereocenters. The maximum absolute atomic E-state index is 10.2. The smallest absolute Gasteiger partial charge is 0.335 e. The van der Waals surface area contributed by atoms with Crippen LogP contribution in [0.15, 0.2) is 48.7 Å². The van der Waals surface area contributed by atoms with E-state index in [2.05, 4.69) is 17.2 Å². The highest BCUT2D eigenvalue weighted by Crippen LogP contribution is 2.11. The summed E-state index contributed by atoms with van der Waals surface area (Å²) >= 11 is 0. The third-order valence-corrected chi connectivity index (χ3v) is 3.56. The lowest BCUT2D eigenvalue weighted by molar-refractivity contribution is 0.0697. The van der Waals surface area contributed by atoms with Crippen molar-refractivity contribution in [3.05, 3.63) is 59.9 Å². The molecular formula is C18H22N2O3. The van der Waals surface area contributed by atoms with Gasteiger partial charge in [0, 0.05) is 11.7 Å². The van der Waals surface area contributed by atoms with Gasteiger partial charge in [0.15, 0.2) is 0 Å². The van der Waals surface area contributed by atoms with Crippen molar-refractivity contribution in [1.82, 2.24) is 10.3 Å². The van der Waals surface area contributed by atoms with Gasteiger partial charge in [-0.25, -0.2) is 4.79 Å². The van der Waals surface area contributed by atoms with Gasteiger partial charge >= 0.3 is 5.97 Å². The van der Waals surface area contributed by atoms with Gasteiger partial charge in [-0.15, -0.1) is 0 Å². The molecule has 5 heteroatoms. The van der Waals surface area contributed by atoms with Crippen LogP contribution in [0.5, 0.6) is 5.75 Å². The number of aromatic carboxylic acids is 1. The Hall–Kier alpha value is -2.40. The quantitative estimate of drug-likeness (QED) is 0.888. The standard InChI is InChI=1S/C11H16N2O.C7H6O2/c1-2-9-3-4-11(7-13-9)14-8-10-5-6-12-10;8-7(9)6-4-2-1-3-5-6/h3-4,7,10,12H,2,5-6,8H2,1H3;1-5H,(H,8,9)/t10-;/m0./s1. The molecule has 1 aliphatic rings. The molecule has 23 heavy (non-hydrogen) atoms. The molecule has 0 unspecified atom stereocenters. The zero-order valence-corrected chi connectivity index (χ0v) is 13.2. The normalized spacial score (nSPS) is 15.8. The van der Waals surface area contributed by atoms with Gasteiger partial charge in [0.2, 0.25) is 0 Å². The predicted molar refractivity (Wildman–Crippen MR) is 88.9 cm³/mol. The summed E-state index contributed by atoms with van der Waals surface area (Å²) in [6.07, 6.45) is 4.00. The number of carboxylic acid groups (broad SMARTS) is 1. The Balaban J connectivity index is 0.000000185.